The van der Waals surface area contributed by atoms with Crippen LogP contribution in [-0.2, 0) is 16.1 Å². The summed E-state index contributed by atoms with van der Waals surface area (Å²) in [7, 11) is 0. The van der Waals surface area contributed by atoms with Crippen LogP contribution in [0, 0.1) is 5.82 Å². The van der Waals surface area contributed by atoms with Crippen molar-refractivity contribution in [3.8, 4) is 0 Å². The Labute approximate surface area is 177 Å². The number of amides is 1. The highest BCUT2D eigenvalue weighted by Gasteiger charge is 2.29. The van der Waals surface area contributed by atoms with Gasteiger partial charge in [-0.25, -0.2) is 4.39 Å². The van der Waals surface area contributed by atoms with Crippen molar-refractivity contribution in [2.24, 2.45) is 0 Å². The van der Waals surface area contributed by atoms with Gasteiger partial charge in [0.25, 0.3) is 0 Å². The standard InChI is InChI=1S/C25H29FN2O2/c1-4-27-16-23(21-10-5-6-11-24(21)27)22(19-8-7-9-20(26)12-19)13-25(29)28-14-17(2)30-18(3)15-28/h5-12,16-18,22H,4,13-15H2,1-3H3/t17-,18-,22-/m1/s1. The minimum atomic E-state index is -0.280. The van der Waals surface area contributed by atoms with Gasteiger partial charge < -0.3 is 14.2 Å². The number of halogens is 1. The smallest absolute Gasteiger partial charge is 0.223 e. The molecule has 4 rings (SSSR count). The van der Waals surface area contributed by atoms with Gasteiger partial charge in [-0.3, -0.25) is 4.79 Å². The van der Waals surface area contributed by atoms with Gasteiger partial charge in [0.05, 0.1) is 12.2 Å². The van der Waals surface area contributed by atoms with Crippen LogP contribution in [0.15, 0.2) is 54.7 Å². The molecular weight excluding hydrogens is 379 g/mol. The second kappa shape index (κ2) is 8.60. The summed E-state index contributed by atoms with van der Waals surface area (Å²) in [5.41, 5.74) is 3.04. The number of ether oxygens (including phenoxy) is 1. The van der Waals surface area contributed by atoms with E-state index in [1.54, 1.807) is 12.1 Å². The fraction of sp³-hybridized carbons (Fsp3) is 0.400. The number of carbonyl (C=O) groups is 1. The van der Waals surface area contributed by atoms with E-state index in [4.69, 9.17) is 4.74 Å². The third-order valence-electron chi connectivity index (χ3n) is 5.94. The SMILES string of the molecule is CCn1cc([C@H](CC(=O)N2C[C@@H](C)O[C@H](C)C2)c2cccc(F)c2)c2ccccc21. The number of rotatable bonds is 5. The number of hydrogen-bond donors (Lipinski definition) is 0. The maximum absolute atomic E-state index is 14.1. The Balaban J connectivity index is 1.74. The molecule has 1 amide bonds. The lowest BCUT2D eigenvalue weighted by Gasteiger charge is -2.36. The molecule has 0 radical (unpaired) electrons. The molecule has 2 heterocycles. The van der Waals surface area contributed by atoms with Gasteiger partial charge in [-0.05, 0) is 50.1 Å². The van der Waals surface area contributed by atoms with Gasteiger partial charge in [-0.15, -0.1) is 0 Å². The summed E-state index contributed by atoms with van der Waals surface area (Å²) in [6.07, 6.45) is 2.47. The monoisotopic (exact) mass is 408 g/mol. The lowest BCUT2D eigenvalue weighted by Crippen LogP contribution is -2.48. The Bertz CT molecular complexity index is 1030. The number of fused-ring (bicyclic) bond motifs is 1. The van der Waals surface area contributed by atoms with Crippen LogP contribution in [-0.4, -0.2) is 40.7 Å². The lowest BCUT2D eigenvalue weighted by atomic mass is 9.87. The van der Waals surface area contributed by atoms with Gasteiger partial charge in [0.15, 0.2) is 0 Å². The third kappa shape index (κ3) is 4.12. The predicted molar refractivity (Wildman–Crippen MR) is 117 cm³/mol. The Hall–Kier alpha value is -2.66. The molecular formula is C25H29FN2O2. The number of carbonyl (C=O) groups excluding carboxylic acids is 1. The quantitative estimate of drug-likeness (QED) is 0.598. The van der Waals surface area contributed by atoms with Crippen LogP contribution in [0.4, 0.5) is 4.39 Å². The highest BCUT2D eigenvalue weighted by atomic mass is 19.1. The zero-order chi connectivity index (χ0) is 21.3. The molecule has 0 bridgehead atoms. The first-order valence-corrected chi connectivity index (χ1v) is 10.7. The van der Waals surface area contributed by atoms with Crippen molar-refractivity contribution in [1.29, 1.82) is 0 Å². The van der Waals surface area contributed by atoms with Crippen molar-refractivity contribution >= 4 is 16.8 Å². The second-order valence-electron chi connectivity index (χ2n) is 8.26. The number of aromatic nitrogens is 1. The molecule has 1 saturated heterocycles. The van der Waals surface area contributed by atoms with Crippen LogP contribution in [0.3, 0.4) is 0 Å². The summed E-state index contributed by atoms with van der Waals surface area (Å²) < 4.78 is 22.1. The summed E-state index contributed by atoms with van der Waals surface area (Å²) in [5.74, 6) is -0.406. The molecule has 1 fully saturated rings. The molecule has 1 aromatic heterocycles. The second-order valence-corrected chi connectivity index (χ2v) is 8.26. The van der Waals surface area contributed by atoms with Crippen molar-refractivity contribution in [3.05, 3.63) is 71.7 Å². The number of morpholine rings is 1. The van der Waals surface area contributed by atoms with Gasteiger partial charge in [0.2, 0.25) is 5.91 Å². The number of aryl methyl sites for hydroxylation is 1. The largest absolute Gasteiger partial charge is 0.372 e. The Kier molecular flexibility index (Phi) is 5.91. The molecule has 1 aliphatic heterocycles. The molecule has 3 atom stereocenters. The molecule has 5 heteroatoms. The van der Waals surface area contributed by atoms with Crippen molar-refractivity contribution in [3.63, 3.8) is 0 Å². The van der Waals surface area contributed by atoms with Gasteiger partial charge in [-0.2, -0.15) is 0 Å². The first kappa shape index (κ1) is 20.6. The van der Waals surface area contributed by atoms with Crippen LogP contribution < -0.4 is 0 Å². The number of benzene rings is 2. The number of nitrogens with zero attached hydrogens (tertiary/aromatic N) is 2. The molecule has 0 unspecified atom stereocenters. The fourth-order valence-corrected chi connectivity index (χ4v) is 4.63. The molecule has 4 nitrogen and oxygen atoms in total. The first-order chi connectivity index (χ1) is 14.5. The van der Waals surface area contributed by atoms with E-state index in [9.17, 15) is 9.18 Å². The van der Waals surface area contributed by atoms with Crippen molar-refractivity contribution in [2.75, 3.05) is 13.1 Å². The molecule has 30 heavy (non-hydrogen) atoms. The van der Waals surface area contributed by atoms with Crippen LogP contribution in [0.1, 0.15) is 44.2 Å². The van der Waals surface area contributed by atoms with Crippen LogP contribution in [0.5, 0.6) is 0 Å². The highest BCUT2D eigenvalue weighted by molar-refractivity contribution is 5.86. The maximum Gasteiger partial charge on any atom is 0.223 e. The van der Waals surface area contributed by atoms with Gasteiger partial charge in [-0.1, -0.05) is 30.3 Å². The Morgan fingerprint density at radius 2 is 1.87 bits per heavy atom. The third-order valence-corrected chi connectivity index (χ3v) is 5.94. The van der Waals surface area contributed by atoms with E-state index in [0.717, 1.165) is 28.6 Å². The molecule has 0 aliphatic carbocycles. The van der Waals surface area contributed by atoms with E-state index < -0.39 is 0 Å². The molecule has 2 aromatic carbocycles. The summed E-state index contributed by atoms with van der Waals surface area (Å²) in [6, 6.07) is 14.9. The fourth-order valence-electron chi connectivity index (χ4n) is 4.63. The molecule has 3 aromatic rings. The van der Waals surface area contributed by atoms with Crippen LogP contribution >= 0.6 is 0 Å². The highest BCUT2D eigenvalue weighted by Crippen LogP contribution is 2.35. The molecule has 0 saturated carbocycles. The zero-order valence-electron chi connectivity index (χ0n) is 17.8. The summed E-state index contributed by atoms with van der Waals surface area (Å²) >= 11 is 0. The summed E-state index contributed by atoms with van der Waals surface area (Å²) in [5, 5.41) is 1.12. The first-order valence-electron chi connectivity index (χ1n) is 10.7. The van der Waals surface area contributed by atoms with E-state index in [1.807, 2.05) is 36.9 Å². The molecule has 158 valence electrons. The number of para-hydroxylation sites is 1. The molecule has 0 N–H and O–H groups in total. The molecule has 0 spiro atoms. The minimum Gasteiger partial charge on any atom is -0.372 e. The van der Waals surface area contributed by atoms with Crippen LogP contribution in [0.2, 0.25) is 0 Å². The minimum absolute atomic E-state index is 0.0207. The van der Waals surface area contributed by atoms with Gasteiger partial charge >= 0.3 is 0 Å². The Morgan fingerprint density at radius 1 is 1.13 bits per heavy atom. The topological polar surface area (TPSA) is 34.5 Å². The Morgan fingerprint density at radius 3 is 2.57 bits per heavy atom. The average molecular weight is 409 g/mol. The van der Waals surface area contributed by atoms with E-state index in [-0.39, 0.29) is 29.9 Å². The van der Waals surface area contributed by atoms with Crippen molar-refractivity contribution < 1.29 is 13.9 Å². The van der Waals surface area contributed by atoms with E-state index >= 15 is 0 Å². The lowest BCUT2D eigenvalue weighted by molar-refractivity contribution is -0.143. The van der Waals surface area contributed by atoms with E-state index in [2.05, 4.69) is 29.8 Å². The average Bonchev–Trinajstić information content (AvgIpc) is 3.10. The van der Waals surface area contributed by atoms with Crippen molar-refractivity contribution in [1.82, 2.24) is 9.47 Å². The van der Waals surface area contributed by atoms with E-state index in [1.165, 1.54) is 6.07 Å². The number of hydrogen-bond acceptors (Lipinski definition) is 2. The zero-order valence-corrected chi connectivity index (χ0v) is 17.8. The van der Waals surface area contributed by atoms with Gasteiger partial charge in [0, 0.05) is 49.1 Å². The normalized spacial score (nSPS) is 20.5. The molecule has 1 aliphatic rings. The van der Waals surface area contributed by atoms with E-state index in [0.29, 0.717) is 19.5 Å². The van der Waals surface area contributed by atoms with Crippen molar-refractivity contribution in [2.45, 2.75) is 51.9 Å². The predicted octanol–water partition coefficient (Wildman–Crippen LogP) is 4.96. The summed E-state index contributed by atoms with van der Waals surface area (Å²) in [6.45, 7) is 8.12. The van der Waals surface area contributed by atoms with Crippen LogP contribution in [0.25, 0.3) is 10.9 Å². The summed E-state index contributed by atoms with van der Waals surface area (Å²) in [4.78, 5) is 15.2. The van der Waals surface area contributed by atoms with Gasteiger partial charge in [0.1, 0.15) is 5.82 Å². The maximum atomic E-state index is 14.1.